The first kappa shape index (κ1) is 26.3. The zero-order chi connectivity index (χ0) is 27.5. The summed E-state index contributed by atoms with van der Waals surface area (Å²) in [5.74, 6) is 0. The first-order chi connectivity index (χ1) is 18.5. The molecule has 1 aromatic carbocycles. The van der Waals surface area contributed by atoms with Crippen LogP contribution < -0.4 is 9.62 Å². The lowest BCUT2D eigenvalue weighted by molar-refractivity contribution is 0.144. The first-order valence-corrected chi connectivity index (χ1v) is 15.0. The summed E-state index contributed by atoms with van der Waals surface area (Å²) in [6, 6.07) is 2.96. The number of hydrogen-bond acceptors (Lipinski definition) is 9. The molecule has 1 atom stereocenters. The molecule has 16 heteroatoms. The summed E-state index contributed by atoms with van der Waals surface area (Å²) in [4.78, 5) is 18.3. The second-order valence-corrected chi connectivity index (χ2v) is 13.1. The first-order valence-electron chi connectivity index (χ1n) is 12.7. The minimum absolute atomic E-state index is 0.0306. The average molecular weight is 583 g/mol. The molecule has 2 N–H and O–H groups in total. The molecular weight excluding hydrogens is 554 g/mol. The van der Waals surface area contributed by atoms with Gasteiger partial charge in [-0.15, -0.1) is 10.2 Å². The van der Waals surface area contributed by atoms with E-state index in [-0.39, 0.29) is 16.1 Å². The van der Waals surface area contributed by atoms with Crippen LogP contribution in [0.3, 0.4) is 0 Å². The number of aliphatic hydroxyl groups is 1. The lowest BCUT2D eigenvalue weighted by atomic mass is 10.1. The minimum Gasteiger partial charge on any atom is -0.391 e. The predicted octanol–water partition coefficient (Wildman–Crippen LogP) is 1.95. The van der Waals surface area contributed by atoms with E-state index in [2.05, 4.69) is 20.0 Å². The molecule has 3 fully saturated rings. The van der Waals surface area contributed by atoms with Crippen molar-refractivity contribution in [2.45, 2.75) is 49.2 Å². The molecule has 2 saturated heterocycles. The number of nitrogens with one attached hydrogen (secondary N) is 1. The number of carbonyl (C=O) groups excluding carboxylic acids is 1. The summed E-state index contributed by atoms with van der Waals surface area (Å²) in [7, 11) is -3.90. The molecule has 4 heterocycles. The molecule has 3 aliphatic rings. The largest absolute Gasteiger partial charge is 0.391 e. The van der Waals surface area contributed by atoms with E-state index in [0.717, 1.165) is 12.8 Å². The van der Waals surface area contributed by atoms with Gasteiger partial charge in [-0.05, 0) is 38.3 Å². The van der Waals surface area contributed by atoms with Gasteiger partial charge in [-0.3, -0.25) is 0 Å². The number of piperazine rings is 1. The van der Waals surface area contributed by atoms with Gasteiger partial charge in [0.05, 0.1) is 22.7 Å². The Hall–Kier alpha value is -2.95. The Labute approximate surface area is 227 Å². The number of β-amino-alcohol motifs (C(OH)–C–C–N with tert-alkyl or cyclic N) is 1. The summed E-state index contributed by atoms with van der Waals surface area (Å²) in [5, 5.41) is 21.8. The zero-order valence-corrected chi connectivity index (χ0v) is 22.8. The smallest absolute Gasteiger partial charge is 0.320 e. The number of nitrogens with zero attached hydrogens (tertiary/aromatic N) is 7. The Morgan fingerprint density at radius 1 is 1.15 bits per heavy atom. The fourth-order valence-electron chi connectivity index (χ4n) is 4.98. The molecule has 0 spiro atoms. The van der Waals surface area contributed by atoms with Crippen molar-refractivity contribution >= 4 is 44.0 Å². The van der Waals surface area contributed by atoms with Crippen molar-refractivity contribution in [1.82, 2.24) is 34.5 Å². The number of sulfonamides is 1. The normalized spacial score (nSPS) is 21.4. The van der Waals surface area contributed by atoms with E-state index in [4.69, 9.17) is 0 Å². The number of alkyl halides is 2. The fraction of sp³-hybridized carbons (Fsp3) is 0.565. The van der Waals surface area contributed by atoms with Crippen LogP contribution >= 0.6 is 11.3 Å². The van der Waals surface area contributed by atoms with Crippen molar-refractivity contribution in [2.24, 2.45) is 0 Å². The maximum atomic E-state index is 13.4. The predicted molar refractivity (Wildman–Crippen MR) is 139 cm³/mol. The van der Waals surface area contributed by atoms with Crippen LogP contribution in [-0.4, -0.2) is 100 Å². The molecule has 12 nitrogen and oxygen atoms in total. The molecule has 0 unspecified atom stereocenters. The van der Waals surface area contributed by atoms with Crippen LogP contribution in [0.4, 0.5) is 19.3 Å². The molecule has 0 bridgehead atoms. The van der Waals surface area contributed by atoms with Crippen LogP contribution in [0.1, 0.15) is 37.6 Å². The number of likely N-dealkylation sites (tertiary alicyclic amines) is 1. The van der Waals surface area contributed by atoms with Crippen molar-refractivity contribution in [2.75, 3.05) is 44.2 Å². The fourth-order valence-corrected chi connectivity index (χ4v) is 7.16. The van der Waals surface area contributed by atoms with Crippen molar-refractivity contribution in [3.05, 3.63) is 23.3 Å². The van der Waals surface area contributed by atoms with E-state index in [1.54, 1.807) is 22.1 Å². The molecule has 0 radical (unpaired) electrons. The number of urea groups is 1. The third-order valence-electron chi connectivity index (χ3n) is 7.45. The summed E-state index contributed by atoms with van der Waals surface area (Å²) in [5.41, 5.74) is 0.520. The number of halogens is 2. The van der Waals surface area contributed by atoms with Crippen molar-refractivity contribution in [1.29, 1.82) is 0 Å². The number of aliphatic hydroxyl groups excluding tert-OH is 1. The third kappa shape index (κ3) is 5.05. The number of amides is 2. The van der Waals surface area contributed by atoms with Crippen molar-refractivity contribution < 1.29 is 27.1 Å². The van der Waals surface area contributed by atoms with Crippen LogP contribution in [0, 0.1) is 0 Å². The molecule has 1 saturated carbocycles. The minimum atomic E-state index is -3.90. The second kappa shape index (κ2) is 9.60. The van der Waals surface area contributed by atoms with Crippen molar-refractivity contribution in [3.63, 3.8) is 0 Å². The van der Waals surface area contributed by atoms with E-state index < -0.39 is 33.1 Å². The van der Waals surface area contributed by atoms with E-state index in [1.807, 2.05) is 11.8 Å². The van der Waals surface area contributed by atoms with Crippen LogP contribution in [-0.2, 0) is 10.0 Å². The van der Waals surface area contributed by atoms with Crippen molar-refractivity contribution in [3.8, 4) is 5.13 Å². The van der Waals surface area contributed by atoms with Gasteiger partial charge in [0.15, 0.2) is 5.01 Å². The Balaban J connectivity index is 1.34. The van der Waals surface area contributed by atoms with E-state index in [0.29, 0.717) is 73.6 Å². The van der Waals surface area contributed by atoms with E-state index in [1.165, 1.54) is 10.7 Å². The molecule has 210 valence electrons. The lowest BCUT2D eigenvalue weighted by Crippen LogP contribution is -2.52. The van der Waals surface area contributed by atoms with Gasteiger partial charge in [0.2, 0.25) is 15.2 Å². The third-order valence-corrected chi connectivity index (χ3v) is 9.98. The molecule has 6 rings (SSSR count). The maximum absolute atomic E-state index is 13.4. The standard InChI is InChI=1S/C23H28F2N8O4S2/c1-23(3-4-23)29-39(36,37)15-10-17(30-6-8-31(9-7-30)22(35)32-5-2-14(34)13-32)16-12-26-33(18(16)11-15)21-28-27-20(38-21)19(24)25/h10-12,14,19,29,34H,2-9,13H2,1H3/t14-/m0/s1. The van der Waals surface area contributed by atoms with E-state index in [9.17, 15) is 27.1 Å². The Kier molecular flexibility index (Phi) is 6.47. The number of anilines is 1. The number of carbonyl (C=O) groups is 1. The van der Waals surface area contributed by atoms with Gasteiger partial charge >= 0.3 is 6.03 Å². The van der Waals surface area contributed by atoms with Gasteiger partial charge in [-0.1, -0.05) is 11.3 Å². The van der Waals surface area contributed by atoms with Crippen LogP contribution in [0.5, 0.6) is 0 Å². The number of aromatic nitrogens is 4. The summed E-state index contributed by atoms with van der Waals surface area (Å²) in [6.45, 7) is 4.42. The number of rotatable bonds is 6. The summed E-state index contributed by atoms with van der Waals surface area (Å²) in [6.07, 6.45) is 0.324. The second-order valence-electron chi connectivity index (χ2n) is 10.5. The molecule has 1 aliphatic carbocycles. The number of fused-ring (bicyclic) bond motifs is 1. The van der Waals surface area contributed by atoms with Gasteiger partial charge in [0.25, 0.3) is 6.43 Å². The maximum Gasteiger partial charge on any atom is 0.320 e. The molecule has 2 aromatic heterocycles. The Morgan fingerprint density at radius 2 is 1.90 bits per heavy atom. The molecule has 2 aliphatic heterocycles. The number of benzene rings is 1. The van der Waals surface area contributed by atoms with Gasteiger partial charge in [-0.25, -0.2) is 31.4 Å². The van der Waals surface area contributed by atoms with Crippen LogP contribution in [0.25, 0.3) is 16.0 Å². The SMILES string of the molecule is CC1(NS(=O)(=O)c2cc(N3CCN(C(=O)N4CC[C@H](O)C4)CC3)c3cnn(-c4nnc(C(F)F)s4)c3c2)CC1. The lowest BCUT2D eigenvalue weighted by Gasteiger charge is -2.38. The van der Waals surface area contributed by atoms with Gasteiger partial charge in [-0.2, -0.15) is 5.10 Å². The van der Waals surface area contributed by atoms with Gasteiger partial charge < -0.3 is 19.8 Å². The quantitative estimate of drug-likeness (QED) is 0.450. The molecule has 3 aromatic rings. The average Bonchev–Trinajstić information content (AvgIpc) is 3.33. The zero-order valence-electron chi connectivity index (χ0n) is 21.1. The highest BCUT2D eigenvalue weighted by molar-refractivity contribution is 7.89. The highest BCUT2D eigenvalue weighted by Gasteiger charge is 2.41. The van der Waals surface area contributed by atoms with E-state index >= 15 is 0 Å². The molecule has 2 amide bonds. The topological polar surface area (TPSA) is 137 Å². The van der Waals surface area contributed by atoms with Crippen LogP contribution in [0.2, 0.25) is 0 Å². The highest BCUT2D eigenvalue weighted by Crippen LogP contribution is 2.38. The van der Waals surface area contributed by atoms with Gasteiger partial charge in [0.1, 0.15) is 0 Å². The van der Waals surface area contributed by atoms with Gasteiger partial charge in [0, 0.05) is 55.9 Å². The highest BCUT2D eigenvalue weighted by atomic mass is 32.2. The molecule has 39 heavy (non-hydrogen) atoms. The van der Waals surface area contributed by atoms with Crippen LogP contribution in [0.15, 0.2) is 23.2 Å². The number of hydrogen-bond donors (Lipinski definition) is 2. The Bertz CT molecular complexity index is 1520. The molecular formula is C23H28F2N8O4S2. The Morgan fingerprint density at radius 3 is 2.51 bits per heavy atom. The monoisotopic (exact) mass is 582 g/mol. The summed E-state index contributed by atoms with van der Waals surface area (Å²) < 4.78 is 57.2. The summed E-state index contributed by atoms with van der Waals surface area (Å²) >= 11 is 0.687.